The van der Waals surface area contributed by atoms with E-state index in [0.29, 0.717) is 0 Å². The molecule has 0 radical (unpaired) electrons. The van der Waals surface area contributed by atoms with Crippen molar-refractivity contribution in [3.8, 4) is 17.1 Å². The van der Waals surface area contributed by atoms with Gasteiger partial charge in [-0.3, -0.25) is 0 Å². The molecule has 1 N–H and O–H groups in total. The predicted molar refractivity (Wildman–Crippen MR) is 75.2 cm³/mol. The van der Waals surface area contributed by atoms with E-state index in [1.54, 1.807) is 7.11 Å². The van der Waals surface area contributed by atoms with Gasteiger partial charge in [-0.05, 0) is 44.2 Å². The van der Waals surface area contributed by atoms with Crippen molar-refractivity contribution in [3.63, 3.8) is 0 Å². The number of ether oxygens (including phenoxy) is 1. The van der Waals surface area contributed by atoms with Crippen LogP contribution in [0.4, 0.5) is 0 Å². The first-order valence-corrected chi connectivity index (χ1v) is 6.56. The Morgan fingerprint density at radius 3 is 2.63 bits per heavy atom. The van der Waals surface area contributed by atoms with Gasteiger partial charge in [0.05, 0.1) is 7.11 Å². The van der Waals surface area contributed by atoms with Gasteiger partial charge in [-0.25, -0.2) is 0 Å². The summed E-state index contributed by atoms with van der Waals surface area (Å²) < 4.78 is 10.6. The SMILES string of the molecule is CCCNCc1noc(-c2ccc(OC)cc2)c1C. The minimum Gasteiger partial charge on any atom is -0.497 e. The summed E-state index contributed by atoms with van der Waals surface area (Å²) in [5, 5.41) is 7.47. The largest absolute Gasteiger partial charge is 0.497 e. The van der Waals surface area contributed by atoms with Gasteiger partial charge in [-0.15, -0.1) is 0 Å². The first-order chi connectivity index (χ1) is 9.26. The zero-order chi connectivity index (χ0) is 13.7. The van der Waals surface area contributed by atoms with Crippen LogP contribution in [0.3, 0.4) is 0 Å². The van der Waals surface area contributed by atoms with Gasteiger partial charge in [0.15, 0.2) is 5.76 Å². The van der Waals surface area contributed by atoms with Crippen molar-refractivity contribution >= 4 is 0 Å². The van der Waals surface area contributed by atoms with Crippen molar-refractivity contribution in [1.29, 1.82) is 0 Å². The lowest BCUT2D eigenvalue weighted by Gasteiger charge is -2.02. The van der Waals surface area contributed by atoms with Crippen molar-refractivity contribution in [1.82, 2.24) is 10.5 Å². The summed E-state index contributed by atoms with van der Waals surface area (Å²) in [5.74, 6) is 1.67. The molecule has 0 saturated carbocycles. The Balaban J connectivity index is 2.15. The highest BCUT2D eigenvalue weighted by Gasteiger charge is 2.13. The van der Waals surface area contributed by atoms with Crippen LogP contribution >= 0.6 is 0 Å². The monoisotopic (exact) mass is 260 g/mol. The number of hydrogen-bond acceptors (Lipinski definition) is 4. The molecular weight excluding hydrogens is 240 g/mol. The van der Waals surface area contributed by atoms with Crippen molar-refractivity contribution < 1.29 is 9.26 Å². The Labute approximate surface area is 113 Å². The zero-order valence-corrected chi connectivity index (χ0v) is 11.7. The fraction of sp³-hybridized carbons (Fsp3) is 0.400. The third kappa shape index (κ3) is 3.15. The van der Waals surface area contributed by atoms with Crippen LogP contribution in [0.5, 0.6) is 5.75 Å². The van der Waals surface area contributed by atoms with Crippen molar-refractivity contribution in [2.75, 3.05) is 13.7 Å². The number of nitrogens with zero attached hydrogens (tertiary/aromatic N) is 1. The number of rotatable bonds is 6. The van der Waals surface area contributed by atoms with Crippen LogP contribution in [0.2, 0.25) is 0 Å². The van der Waals surface area contributed by atoms with Gasteiger partial charge in [0.2, 0.25) is 0 Å². The highest BCUT2D eigenvalue weighted by atomic mass is 16.5. The van der Waals surface area contributed by atoms with E-state index in [2.05, 4.69) is 17.4 Å². The topological polar surface area (TPSA) is 47.3 Å². The fourth-order valence-corrected chi connectivity index (χ4v) is 1.93. The normalized spacial score (nSPS) is 10.7. The third-order valence-electron chi connectivity index (χ3n) is 3.09. The molecule has 102 valence electrons. The van der Waals surface area contributed by atoms with Crippen LogP contribution in [0.25, 0.3) is 11.3 Å². The molecule has 0 saturated heterocycles. The van der Waals surface area contributed by atoms with Crippen LogP contribution in [0.15, 0.2) is 28.8 Å². The molecule has 1 aromatic carbocycles. The van der Waals surface area contributed by atoms with Crippen LogP contribution < -0.4 is 10.1 Å². The van der Waals surface area contributed by atoms with E-state index >= 15 is 0 Å². The third-order valence-corrected chi connectivity index (χ3v) is 3.09. The summed E-state index contributed by atoms with van der Waals surface area (Å²) in [6.45, 7) is 5.92. The summed E-state index contributed by atoms with van der Waals surface area (Å²) in [7, 11) is 1.66. The summed E-state index contributed by atoms with van der Waals surface area (Å²) in [6.07, 6.45) is 1.11. The second-order valence-corrected chi connectivity index (χ2v) is 4.49. The molecule has 0 spiro atoms. The van der Waals surface area contributed by atoms with Gasteiger partial charge in [-0.1, -0.05) is 12.1 Å². The van der Waals surface area contributed by atoms with Gasteiger partial charge < -0.3 is 14.6 Å². The molecule has 19 heavy (non-hydrogen) atoms. The van der Waals surface area contributed by atoms with Gasteiger partial charge in [0.1, 0.15) is 11.4 Å². The minimum absolute atomic E-state index is 0.749. The fourth-order valence-electron chi connectivity index (χ4n) is 1.93. The van der Waals surface area contributed by atoms with E-state index < -0.39 is 0 Å². The average molecular weight is 260 g/mol. The molecule has 0 amide bonds. The van der Waals surface area contributed by atoms with E-state index in [9.17, 15) is 0 Å². The first-order valence-electron chi connectivity index (χ1n) is 6.56. The molecule has 2 aromatic rings. The van der Waals surface area contributed by atoms with Gasteiger partial charge in [-0.2, -0.15) is 0 Å². The van der Waals surface area contributed by atoms with Crippen LogP contribution in [0.1, 0.15) is 24.6 Å². The molecule has 1 heterocycles. The summed E-state index contributed by atoms with van der Waals surface area (Å²) in [6, 6.07) is 7.81. The van der Waals surface area contributed by atoms with Crippen molar-refractivity contribution in [2.24, 2.45) is 0 Å². The molecule has 4 nitrogen and oxygen atoms in total. The van der Waals surface area contributed by atoms with E-state index in [0.717, 1.165) is 47.8 Å². The second kappa shape index (κ2) is 6.38. The van der Waals surface area contributed by atoms with Crippen molar-refractivity contribution in [2.45, 2.75) is 26.8 Å². The average Bonchev–Trinajstić information content (AvgIpc) is 2.81. The van der Waals surface area contributed by atoms with Gasteiger partial charge >= 0.3 is 0 Å². The lowest BCUT2D eigenvalue weighted by molar-refractivity contribution is 0.413. The molecule has 0 aliphatic carbocycles. The molecule has 2 rings (SSSR count). The molecule has 0 bridgehead atoms. The zero-order valence-electron chi connectivity index (χ0n) is 11.7. The standard InChI is InChI=1S/C15H20N2O2/c1-4-9-16-10-14-11(2)15(19-17-14)12-5-7-13(18-3)8-6-12/h5-8,16H,4,9-10H2,1-3H3. The lowest BCUT2D eigenvalue weighted by Crippen LogP contribution is -2.14. The van der Waals surface area contributed by atoms with Gasteiger partial charge in [0, 0.05) is 17.7 Å². The molecular formula is C15H20N2O2. The lowest BCUT2D eigenvalue weighted by atomic mass is 10.1. The maximum absolute atomic E-state index is 5.45. The quantitative estimate of drug-likeness (QED) is 0.810. The van der Waals surface area contributed by atoms with Crippen molar-refractivity contribution in [3.05, 3.63) is 35.5 Å². The van der Waals surface area contributed by atoms with Crippen LogP contribution in [-0.4, -0.2) is 18.8 Å². The number of nitrogens with one attached hydrogen (secondary N) is 1. The van der Waals surface area contributed by atoms with E-state index in [1.807, 2.05) is 31.2 Å². The minimum atomic E-state index is 0.749. The number of benzene rings is 1. The highest BCUT2D eigenvalue weighted by Crippen LogP contribution is 2.27. The number of aromatic nitrogens is 1. The molecule has 4 heteroatoms. The maximum Gasteiger partial charge on any atom is 0.170 e. The molecule has 0 fully saturated rings. The first kappa shape index (κ1) is 13.6. The van der Waals surface area contributed by atoms with E-state index in [-0.39, 0.29) is 0 Å². The maximum atomic E-state index is 5.45. The number of hydrogen-bond donors (Lipinski definition) is 1. The summed E-state index contributed by atoms with van der Waals surface area (Å²) >= 11 is 0. The Morgan fingerprint density at radius 1 is 1.26 bits per heavy atom. The van der Waals surface area contributed by atoms with Gasteiger partial charge in [0.25, 0.3) is 0 Å². The molecule has 0 aliphatic heterocycles. The second-order valence-electron chi connectivity index (χ2n) is 4.49. The Hall–Kier alpha value is -1.81. The smallest absolute Gasteiger partial charge is 0.170 e. The summed E-state index contributed by atoms with van der Waals surface area (Å²) in [5.41, 5.74) is 3.08. The van der Waals surface area contributed by atoms with Crippen LogP contribution in [-0.2, 0) is 6.54 Å². The Kier molecular flexibility index (Phi) is 4.58. The predicted octanol–water partition coefficient (Wildman–Crippen LogP) is 3.16. The summed E-state index contributed by atoms with van der Waals surface area (Å²) in [4.78, 5) is 0. The highest BCUT2D eigenvalue weighted by molar-refractivity contribution is 5.62. The van der Waals surface area contributed by atoms with E-state index in [4.69, 9.17) is 9.26 Å². The Morgan fingerprint density at radius 2 is 2.00 bits per heavy atom. The Bertz CT molecular complexity index is 517. The molecule has 0 unspecified atom stereocenters. The van der Waals surface area contributed by atoms with Crippen LogP contribution in [0, 0.1) is 6.92 Å². The number of methoxy groups -OCH3 is 1. The molecule has 0 aliphatic rings. The van der Waals surface area contributed by atoms with E-state index in [1.165, 1.54) is 0 Å². The molecule has 0 atom stereocenters. The molecule has 1 aromatic heterocycles.